The van der Waals surface area contributed by atoms with Crippen LogP contribution in [0.2, 0.25) is 0 Å². The molecule has 25 heavy (non-hydrogen) atoms. The second kappa shape index (κ2) is 21.8. The molecule has 0 saturated carbocycles. The van der Waals surface area contributed by atoms with E-state index in [4.69, 9.17) is 4.84 Å². The molecule has 0 fully saturated rings. The molecule has 0 bridgehead atoms. The molecular weight excluding hydrogens is 342 g/mol. The Bertz CT molecular complexity index is 310. The topological polar surface area (TPSA) is 73.9 Å². The summed E-state index contributed by atoms with van der Waals surface area (Å²) in [5.74, 6) is 0. The van der Waals surface area contributed by atoms with Crippen LogP contribution in [0.5, 0.6) is 0 Å². The highest BCUT2D eigenvalue weighted by molar-refractivity contribution is 7.81. The molecule has 7 heteroatoms. The lowest BCUT2D eigenvalue weighted by Crippen LogP contribution is -2.15. The Balaban J connectivity index is 0. The molecule has 0 aromatic rings. The monoisotopic (exact) mass is 383 g/mol. The van der Waals surface area contributed by atoms with Gasteiger partial charge in [-0.25, -0.2) is 13.8 Å². The lowest BCUT2D eigenvalue weighted by molar-refractivity contribution is 0.0500. The van der Waals surface area contributed by atoms with Crippen LogP contribution in [0.1, 0.15) is 91.9 Å². The first-order valence-electron chi connectivity index (χ1n) is 9.92. The zero-order valence-electron chi connectivity index (χ0n) is 16.8. The van der Waals surface area contributed by atoms with Gasteiger partial charge in [0.15, 0.2) is 0 Å². The molecule has 0 aliphatic heterocycles. The SMILES string of the molecule is CCCCCCCCCCCCNOCC.CCOS(=O)(=O)OCC. The van der Waals surface area contributed by atoms with E-state index >= 15 is 0 Å². The third kappa shape index (κ3) is 26.1. The normalized spacial score (nSPS) is 11.2. The maximum absolute atomic E-state index is 10.4. The van der Waals surface area contributed by atoms with Crippen molar-refractivity contribution in [2.24, 2.45) is 0 Å². The van der Waals surface area contributed by atoms with Crippen molar-refractivity contribution in [3.05, 3.63) is 0 Å². The van der Waals surface area contributed by atoms with Crippen LogP contribution in [0.3, 0.4) is 0 Å². The molecule has 154 valence electrons. The smallest absolute Gasteiger partial charge is 0.302 e. The second-order valence-corrected chi connectivity index (χ2v) is 7.02. The van der Waals surface area contributed by atoms with Crippen LogP contribution in [-0.4, -0.2) is 34.8 Å². The number of unbranched alkanes of at least 4 members (excludes halogenated alkanes) is 9. The second-order valence-electron chi connectivity index (χ2n) is 5.73. The molecule has 6 nitrogen and oxygen atoms in total. The van der Waals surface area contributed by atoms with Crippen LogP contribution in [0.15, 0.2) is 0 Å². The largest absolute Gasteiger partial charge is 0.399 e. The Morgan fingerprint density at radius 2 is 1.08 bits per heavy atom. The standard InChI is InChI=1S/C14H31NO.C4H10O4S/c1-3-5-6-7-8-9-10-11-12-13-14-15-16-4-2;1-3-7-9(5,6)8-4-2/h15H,3-14H2,1-2H3;3-4H2,1-2H3. The van der Waals surface area contributed by atoms with Gasteiger partial charge in [0, 0.05) is 6.54 Å². The Hall–Kier alpha value is -0.210. The predicted molar refractivity (Wildman–Crippen MR) is 104 cm³/mol. The zero-order valence-corrected chi connectivity index (χ0v) is 17.7. The minimum Gasteiger partial charge on any atom is -0.302 e. The molecule has 0 atom stereocenters. The Labute approximate surface area is 156 Å². The van der Waals surface area contributed by atoms with Crippen LogP contribution in [-0.2, 0) is 23.6 Å². The number of hydrogen-bond donors (Lipinski definition) is 1. The molecule has 0 heterocycles. The summed E-state index contributed by atoms with van der Waals surface area (Å²) < 4.78 is 29.2. The molecule has 0 rings (SSSR count). The Morgan fingerprint density at radius 3 is 1.48 bits per heavy atom. The van der Waals surface area contributed by atoms with E-state index in [0.29, 0.717) is 0 Å². The average Bonchev–Trinajstić information content (AvgIpc) is 2.56. The highest BCUT2D eigenvalue weighted by atomic mass is 32.3. The maximum atomic E-state index is 10.4. The van der Waals surface area contributed by atoms with E-state index in [1.165, 1.54) is 64.2 Å². The van der Waals surface area contributed by atoms with Gasteiger partial charge in [0.2, 0.25) is 0 Å². The van der Waals surface area contributed by atoms with Gasteiger partial charge >= 0.3 is 10.4 Å². The first kappa shape index (κ1) is 27.0. The van der Waals surface area contributed by atoms with Gasteiger partial charge in [-0.2, -0.15) is 8.42 Å². The van der Waals surface area contributed by atoms with Crippen molar-refractivity contribution < 1.29 is 21.6 Å². The molecule has 0 aliphatic carbocycles. The third-order valence-electron chi connectivity index (χ3n) is 3.40. The quantitative estimate of drug-likeness (QED) is 0.288. The number of hydroxylamine groups is 1. The summed E-state index contributed by atoms with van der Waals surface area (Å²) in [5.41, 5.74) is 2.96. The maximum Gasteiger partial charge on any atom is 0.399 e. The van der Waals surface area contributed by atoms with Crippen LogP contribution < -0.4 is 5.48 Å². The van der Waals surface area contributed by atoms with Gasteiger partial charge in [0.1, 0.15) is 0 Å². The summed E-state index contributed by atoms with van der Waals surface area (Å²) in [4.78, 5) is 5.07. The fourth-order valence-corrected chi connectivity index (χ4v) is 2.83. The van der Waals surface area contributed by atoms with E-state index in [1.54, 1.807) is 13.8 Å². The zero-order chi connectivity index (χ0) is 19.2. The predicted octanol–water partition coefficient (Wildman–Crippen LogP) is 4.75. The fourth-order valence-electron chi connectivity index (χ4n) is 2.18. The van der Waals surface area contributed by atoms with E-state index in [9.17, 15) is 8.42 Å². The van der Waals surface area contributed by atoms with Crippen LogP contribution in [0.4, 0.5) is 0 Å². The number of nitrogens with one attached hydrogen (secondary N) is 1. The fraction of sp³-hybridized carbons (Fsp3) is 1.00. The Morgan fingerprint density at radius 1 is 0.640 bits per heavy atom. The van der Waals surface area contributed by atoms with E-state index in [2.05, 4.69) is 20.8 Å². The van der Waals surface area contributed by atoms with Gasteiger partial charge in [-0.15, -0.1) is 0 Å². The van der Waals surface area contributed by atoms with Crippen molar-refractivity contribution in [3.8, 4) is 0 Å². The number of rotatable bonds is 17. The average molecular weight is 384 g/mol. The molecule has 0 aliphatic rings. The van der Waals surface area contributed by atoms with Crippen molar-refractivity contribution in [2.45, 2.75) is 91.9 Å². The van der Waals surface area contributed by atoms with Gasteiger partial charge < -0.3 is 4.84 Å². The van der Waals surface area contributed by atoms with Crippen molar-refractivity contribution in [1.29, 1.82) is 0 Å². The van der Waals surface area contributed by atoms with Gasteiger partial charge in [0.05, 0.1) is 19.8 Å². The van der Waals surface area contributed by atoms with Crippen molar-refractivity contribution >= 4 is 10.4 Å². The summed E-state index contributed by atoms with van der Waals surface area (Å²) in [5, 5.41) is 0. The van der Waals surface area contributed by atoms with Crippen molar-refractivity contribution in [3.63, 3.8) is 0 Å². The van der Waals surface area contributed by atoms with E-state index in [1.807, 2.05) is 6.92 Å². The highest BCUT2D eigenvalue weighted by Gasteiger charge is 2.06. The van der Waals surface area contributed by atoms with Crippen LogP contribution in [0, 0.1) is 0 Å². The lowest BCUT2D eigenvalue weighted by Gasteiger charge is -2.03. The molecule has 0 radical (unpaired) electrons. The van der Waals surface area contributed by atoms with Gasteiger partial charge in [-0.1, -0.05) is 64.7 Å². The molecule has 0 aromatic heterocycles. The third-order valence-corrected chi connectivity index (χ3v) is 4.45. The van der Waals surface area contributed by atoms with Gasteiger partial charge in [0.25, 0.3) is 0 Å². The van der Waals surface area contributed by atoms with E-state index in [-0.39, 0.29) is 13.2 Å². The molecule has 0 spiro atoms. The summed E-state index contributed by atoms with van der Waals surface area (Å²) >= 11 is 0. The first-order valence-corrected chi connectivity index (χ1v) is 11.3. The minimum atomic E-state index is -3.68. The molecule has 0 aromatic carbocycles. The molecule has 0 amide bonds. The summed E-state index contributed by atoms with van der Waals surface area (Å²) in [6.45, 7) is 9.43. The van der Waals surface area contributed by atoms with Crippen LogP contribution >= 0.6 is 0 Å². The highest BCUT2D eigenvalue weighted by Crippen LogP contribution is 2.10. The van der Waals surface area contributed by atoms with Crippen molar-refractivity contribution in [1.82, 2.24) is 5.48 Å². The van der Waals surface area contributed by atoms with Crippen molar-refractivity contribution in [2.75, 3.05) is 26.4 Å². The van der Waals surface area contributed by atoms with Crippen LogP contribution in [0.25, 0.3) is 0 Å². The first-order chi connectivity index (χ1) is 12.0. The summed E-state index contributed by atoms with van der Waals surface area (Å²) in [6, 6.07) is 0. The lowest BCUT2D eigenvalue weighted by atomic mass is 10.1. The van der Waals surface area contributed by atoms with E-state index < -0.39 is 10.4 Å². The summed E-state index contributed by atoms with van der Waals surface area (Å²) in [6.07, 6.45) is 13.9. The summed E-state index contributed by atoms with van der Waals surface area (Å²) in [7, 11) is -3.68. The molecular formula is C18H41NO5S. The van der Waals surface area contributed by atoms with E-state index in [0.717, 1.165) is 13.2 Å². The van der Waals surface area contributed by atoms with Gasteiger partial charge in [-0.3, -0.25) is 0 Å². The Kier molecular flexibility index (Phi) is 23.6. The molecule has 0 unspecified atom stereocenters. The van der Waals surface area contributed by atoms with Gasteiger partial charge in [-0.05, 0) is 27.2 Å². The molecule has 1 N–H and O–H groups in total. The minimum absolute atomic E-state index is 0.113. The molecule has 0 saturated heterocycles. The number of hydrogen-bond acceptors (Lipinski definition) is 6.